The molecule has 1 amide bonds. The Morgan fingerprint density at radius 2 is 1.82 bits per heavy atom. The molecule has 0 spiro atoms. The number of nitrogens with zero attached hydrogens (tertiary/aromatic N) is 1. The first-order valence-corrected chi connectivity index (χ1v) is 8.13. The number of carbonyl (C=O) groups is 1. The number of ether oxygens (including phenoxy) is 2. The van der Waals surface area contributed by atoms with E-state index in [-0.39, 0.29) is 48.0 Å². The molecule has 0 aromatic carbocycles. The Labute approximate surface area is 139 Å². The van der Waals surface area contributed by atoms with Gasteiger partial charge in [-0.2, -0.15) is 0 Å². The fraction of sp³-hybridized carbons (Fsp3) is 0.938. The molecule has 2 aliphatic heterocycles. The summed E-state index contributed by atoms with van der Waals surface area (Å²) in [6, 6.07) is 0. The second-order valence-corrected chi connectivity index (χ2v) is 7.60. The van der Waals surface area contributed by atoms with Crippen LogP contribution in [0.4, 0.5) is 0 Å². The Balaban J connectivity index is 0.00000176. The standard InChI is InChI=1S/C16H28N2O3.ClH/c1-10-8-18(9-11(2)21-10)14(19)16(17)12-6-5-7-20-13(12)15(16,3)4;/h10-13H,5-9,17H2,1-4H3;1H/t10-,11+,12?,13?,16?;. The maximum absolute atomic E-state index is 13.2. The highest BCUT2D eigenvalue weighted by Gasteiger charge is 2.71. The number of halogens is 1. The van der Waals surface area contributed by atoms with Crippen LogP contribution in [-0.2, 0) is 14.3 Å². The fourth-order valence-corrected chi connectivity index (χ4v) is 4.62. The van der Waals surface area contributed by atoms with Gasteiger partial charge in [-0.3, -0.25) is 4.79 Å². The molecule has 2 heterocycles. The van der Waals surface area contributed by atoms with E-state index in [1.165, 1.54) is 0 Å². The van der Waals surface area contributed by atoms with E-state index in [4.69, 9.17) is 15.2 Å². The lowest BCUT2D eigenvalue weighted by Crippen LogP contribution is -2.83. The molecule has 5 atom stereocenters. The van der Waals surface area contributed by atoms with Crippen LogP contribution in [0.5, 0.6) is 0 Å². The minimum atomic E-state index is -0.797. The number of hydrogen-bond acceptors (Lipinski definition) is 4. The second-order valence-electron chi connectivity index (χ2n) is 7.60. The van der Waals surface area contributed by atoms with Crippen LogP contribution in [-0.4, -0.2) is 54.4 Å². The van der Waals surface area contributed by atoms with Gasteiger partial charge in [0, 0.05) is 31.0 Å². The van der Waals surface area contributed by atoms with Gasteiger partial charge in [0.05, 0.1) is 18.3 Å². The number of carbonyl (C=O) groups excluding carboxylic acids is 1. The lowest BCUT2D eigenvalue weighted by Gasteiger charge is -2.66. The Morgan fingerprint density at radius 1 is 1.23 bits per heavy atom. The van der Waals surface area contributed by atoms with Gasteiger partial charge in [0.1, 0.15) is 5.54 Å². The van der Waals surface area contributed by atoms with Crippen molar-refractivity contribution in [3.63, 3.8) is 0 Å². The van der Waals surface area contributed by atoms with Crippen molar-refractivity contribution in [2.45, 2.75) is 64.4 Å². The van der Waals surface area contributed by atoms with Crippen LogP contribution in [0.25, 0.3) is 0 Å². The maximum atomic E-state index is 13.2. The van der Waals surface area contributed by atoms with E-state index in [0.29, 0.717) is 13.1 Å². The van der Waals surface area contributed by atoms with Crippen molar-refractivity contribution in [3.8, 4) is 0 Å². The first-order valence-electron chi connectivity index (χ1n) is 8.13. The molecule has 128 valence electrons. The summed E-state index contributed by atoms with van der Waals surface area (Å²) in [7, 11) is 0. The highest BCUT2D eigenvalue weighted by atomic mass is 35.5. The van der Waals surface area contributed by atoms with E-state index < -0.39 is 5.54 Å². The molecule has 1 aliphatic carbocycles. The molecule has 1 saturated carbocycles. The Kier molecular flexibility index (Phi) is 4.85. The quantitative estimate of drug-likeness (QED) is 0.791. The SMILES string of the molecule is C[C@@H]1CN(C(=O)C2(N)C3CCCOC3C2(C)C)C[C@H](C)O1.Cl. The molecule has 0 bridgehead atoms. The Bertz CT molecular complexity index is 435. The molecule has 3 unspecified atom stereocenters. The van der Waals surface area contributed by atoms with Crippen LogP contribution < -0.4 is 5.73 Å². The van der Waals surface area contributed by atoms with Crippen molar-refractivity contribution in [2.75, 3.05) is 19.7 Å². The zero-order chi connectivity index (χ0) is 15.4. The Morgan fingerprint density at radius 3 is 2.41 bits per heavy atom. The van der Waals surface area contributed by atoms with Gasteiger partial charge in [-0.25, -0.2) is 0 Å². The molecule has 3 aliphatic rings. The summed E-state index contributed by atoms with van der Waals surface area (Å²) in [4.78, 5) is 15.1. The van der Waals surface area contributed by atoms with Crippen LogP contribution in [0.1, 0.15) is 40.5 Å². The normalized spacial score (nSPS) is 43.6. The van der Waals surface area contributed by atoms with Crippen molar-refractivity contribution < 1.29 is 14.3 Å². The molecular weight excluding hydrogens is 304 g/mol. The van der Waals surface area contributed by atoms with E-state index in [2.05, 4.69) is 13.8 Å². The van der Waals surface area contributed by atoms with Gasteiger partial charge in [0.2, 0.25) is 5.91 Å². The summed E-state index contributed by atoms with van der Waals surface area (Å²) in [5, 5.41) is 0. The van der Waals surface area contributed by atoms with E-state index >= 15 is 0 Å². The third-order valence-corrected chi connectivity index (χ3v) is 5.75. The number of morpholine rings is 1. The van der Waals surface area contributed by atoms with Crippen molar-refractivity contribution in [3.05, 3.63) is 0 Å². The lowest BCUT2D eigenvalue weighted by molar-refractivity contribution is -0.232. The number of fused-ring (bicyclic) bond motifs is 1. The van der Waals surface area contributed by atoms with Gasteiger partial charge in [-0.1, -0.05) is 13.8 Å². The van der Waals surface area contributed by atoms with Crippen LogP contribution in [0.15, 0.2) is 0 Å². The summed E-state index contributed by atoms with van der Waals surface area (Å²) in [6.45, 7) is 10.2. The van der Waals surface area contributed by atoms with Gasteiger partial charge in [-0.15, -0.1) is 12.4 Å². The molecular formula is C16H29ClN2O3. The highest BCUT2D eigenvalue weighted by molar-refractivity contribution is 5.89. The summed E-state index contributed by atoms with van der Waals surface area (Å²) < 4.78 is 11.6. The number of amides is 1. The molecule has 6 heteroatoms. The molecule has 3 rings (SSSR count). The van der Waals surface area contributed by atoms with E-state index in [1.807, 2.05) is 18.7 Å². The van der Waals surface area contributed by atoms with Crippen LogP contribution >= 0.6 is 12.4 Å². The van der Waals surface area contributed by atoms with Gasteiger partial charge >= 0.3 is 0 Å². The summed E-state index contributed by atoms with van der Waals surface area (Å²) >= 11 is 0. The van der Waals surface area contributed by atoms with E-state index in [9.17, 15) is 4.79 Å². The topological polar surface area (TPSA) is 64.8 Å². The van der Waals surface area contributed by atoms with Crippen molar-refractivity contribution >= 4 is 18.3 Å². The largest absolute Gasteiger partial charge is 0.377 e. The molecule has 2 saturated heterocycles. The van der Waals surface area contributed by atoms with Gasteiger partial charge < -0.3 is 20.1 Å². The fourth-order valence-electron chi connectivity index (χ4n) is 4.62. The monoisotopic (exact) mass is 332 g/mol. The summed E-state index contributed by atoms with van der Waals surface area (Å²) in [6.07, 6.45) is 2.26. The van der Waals surface area contributed by atoms with E-state index in [0.717, 1.165) is 19.4 Å². The lowest BCUT2D eigenvalue weighted by atomic mass is 9.46. The maximum Gasteiger partial charge on any atom is 0.243 e. The predicted octanol–water partition coefficient (Wildman–Crippen LogP) is 1.58. The number of nitrogens with two attached hydrogens (primary N) is 1. The number of hydrogen-bond donors (Lipinski definition) is 1. The molecule has 22 heavy (non-hydrogen) atoms. The summed E-state index contributed by atoms with van der Waals surface area (Å²) in [5.74, 6) is 0.239. The first kappa shape index (κ1) is 18.0. The highest BCUT2D eigenvalue weighted by Crippen LogP contribution is 2.58. The predicted molar refractivity (Wildman–Crippen MR) is 87.0 cm³/mol. The summed E-state index contributed by atoms with van der Waals surface area (Å²) in [5.41, 5.74) is 5.59. The second kappa shape index (κ2) is 5.93. The molecule has 2 N–H and O–H groups in total. The third kappa shape index (κ3) is 2.37. The first-order chi connectivity index (χ1) is 9.78. The molecule has 0 aromatic rings. The van der Waals surface area contributed by atoms with Gasteiger partial charge in [-0.05, 0) is 26.7 Å². The Hall–Kier alpha value is -0.360. The molecule has 0 radical (unpaired) electrons. The van der Waals surface area contributed by atoms with Crippen molar-refractivity contribution in [1.29, 1.82) is 0 Å². The minimum Gasteiger partial charge on any atom is -0.377 e. The van der Waals surface area contributed by atoms with Crippen molar-refractivity contribution in [2.24, 2.45) is 17.1 Å². The smallest absolute Gasteiger partial charge is 0.243 e. The van der Waals surface area contributed by atoms with E-state index in [1.54, 1.807) is 0 Å². The zero-order valence-corrected chi connectivity index (χ0v) is 14.8. The van der Waals surface area contributed by atoms with Crippen LogP contribution in [0.2, 0.25) is 0 Å². The average molecular weight is 333 g/mol. The molecule has 0 aromatic heterocycles. The van der Waals surface area contributed by atoms with Gasteiger partial charge in [0.15, 0.2) is 0 Å². The van der Waals surface area contributed by atoms with Crippen molar-refractivity contribution in [1.82, 2.24) is 4.90 Å². The molecule has 3 fully saturated rings. The average Bonchev–Trinajstić information content (AvgIpc) is 2.44. The number of rotatable bonds is 1. The minimum absolute atomic E-state index is 0. The zero-order valence-electron chi connectivity index (χ0n) is 14.0. The molecule has 5 nitrogen and oxygen atoms in total. The van der Waals surface area contributed by atoms with Crippen LogP contribution in [0.3, 0.4) is 0 Å². The van der Waals surface area contributed by atoms with Crippen LogP contribution in [0, 0.1) is 11.3 Å². The third-order valence-electron chi connectivity index (χ3n) is 5.75. The van der Waals surface area contributed by atoms with Gasteiger partial charge in [0.25, 0.3) is 0 Å².